The van der Waals surface area contributed by atoms with Gasteiger partial charge in [-0.15, -0.1) is 0 Å². The van der Waals surface area contributed by atoms with Crippen LogP contribution in [0.1, 0.15) is 18.4 Å². The highest BCUT2D eigenvalue weighted by Gasteiger charge is 2.45. The molecule has 3 N–H and O–H groups in total. The van der Waals surface area contributed by atoms with Crippen molar-refractivity contribution in [3.63, 3.8) is 0 Å². The Balaban J connectivity index is 2.59. The molecule has 0 heterocycles. The van der Waals surface area contributed by atoms with Crippen molar-refractivity contribution >= 4 is 0 Å². The lowest BCUT2D eigenvalue weighted by atomic mass is 10.0. The molecule has 1 aliphatic rings. The zero-order valence-electron chi connectivity index (χ0n) is 8.91. The minimum atomic E-state index is -0.441. The van der Waals surface area contributed by atoms with Crippen molar-refractivity contribution in [2.75, 3.05) is 14.2 Å². The van der Waals surface area contributed by atoms with Gasteiger partial charge in [0.05, 0.1) is 19.8 Å². The maximum absolute atomic E-state index is 9.80. The first kappa shape index (κ1) is 10.1. The Kier molecular flexibility index (Phi) is 2.23. The summed E-state index contributed by atoms with van der Waals surface area (Å²) >= 11 is 0. The number of nitrogens with two attached hydrogens (primary N) is 1. The van der Waals surface area contributed by atoms with Crippen LogP contribution in [0.3, 0.4) is 0 Å². The van der Waals surface area contributed by atoms with Crippen LogP contribution in [0.25, 0.3) is 0 Å². The van der Waals surface area contributed by atoms with E-state index in [1.165, 1.54) is 0 Å². The number of phenols is 1. The van der Waals surface area contributed by atoms with Gasteiger partial charge >= 0.3 is 0 Å². The van der Waals surface area contributed by atoms with Crippen LogP contribution in [0, 0.1) is 0 Å². The molecule has 0 aromatic heterocycles. The third-order valence-electron chi connectivity index (χ3n) is 2.81. The summed E-state index contributed by atoms with van der Waals surface area (Å²) in [6.07, 6.45) is 1.73. The summed E-state index contributed by atoms with van der Waals surface area (Å²) in [7, 11) is 3.11. The first-order valence-corrected chi connectivity index (χ1v) is 4.85. The van der Waals surface area contributed by atoms with E-state index >= 15 is 0 Å². The van der Waals surface area contributed by atoms with Crippen LogP contribution in [-0.4, -0.2) is 19.3 Å². The second kappa shape index (κ2) is 3.31. The summed E-state index contributed by atoms with van der Waals surface area (Å²) in [4.78, 5) is 0. The van der Waals surface area contributed by atoms with Crippen molar-refractivity contribution in [1.82, 2.24) is 0 Å². The first-order valence-electron chi connectivity index (χ1n) is 4.85. The Morgan fingerprint density at radius 1 is 1.27 bits per heavy atom. The quantitative estimate of drug-likeness (QED) is 0.788. The van der Waals surface area contributed by atoms with Crippen LogP contribution in [0.2, 0.25) is 0 Å². The van der Waals surface area contributed by atoms with Gasteiger partial charge in [0.1, 0.15) is 5.75 Å². The Hall–Kier alpha value is -1.42. The molecule has 0 amide bonds. The minimum absolute atomic E-state index is 0.174. The molecule has 2 rings (SSSR count). The third-order valence-corrected chi connectivity index (χ3v) is 2.81. The lowest BCUT2D eigenvalue weighted by Gasteiger charge is -2.18. The maximum atomic E-state index is 9.80. The van der Waals surface area contributed by atoms with Crippen LogP contribution in [0.15, 0.2) is 12.1 Å². The Morgan fingerprint density at radius 2 is 1.93 bits per heavy atom. The third kappa shape index (κ3) is 1.51. The predicted octanol–water partition coefficient (Wildman–Crippen LogP) is 1.36. The average Bonchev–Trinajstić information content (AvgIpc) is 2.96. The molecule has 1 aromatic carbocycles. The van der Waals surface area contributed by atoms with Crippen LogP contribution in [0.5, 0.6) is 17.2 Å². The summed E-state index contributed by atoms with van der Waals surface area (Å²) < 4.78 is 10.4. The van der Waals surface area contributed by atoms with Crippen LogP contribution >= 0.6 is 0 Å². The number of aromatic hydroxyl groups is 1. The van der Waals surface area contributed by atoms with Gasteiger partial charge in [0.15, 0.2) is 11.5 Å². The topological polar surface area (TPSA) is 64.7 Å². The van der Waals surface area contributed by atoms with Crippen LogP contribution < -0.4 is 15.2 Å². The Bertz CT molecular complexity index is 386. The molecule has 0 unspecified atom stereocenters. The number of phenolic OH excluding ortho intramolecular Hbond substituents is 1. The van der Waals surface area contributed by atoms with E-state index in [4.69, 9.17) is 15.2 Å². The van der Waals surface area contributed by atoms with Crippen molar-refractivity contribution in [2.45, 2.75) is 18.4 Å². The van der Waals surface area contributed by atoms with Gasteiger partial charge in [-0.05, 0) is 25.0 Å². The minimum Gasteiger partial charge on any atom is -0.507 e. The standard InChI is InChI=1S/C11H15NO3/c1-14-8-4-3-7(13)9(10(8)15-2)11(12)5-6-11/h3-4,13H,5-6,12H2,1-2H3. The predicted molar refractivity (Wildman–Crippen MR) is 56.3 cm³/mol. The van der Waals surface area contributed by atoms with E-state index in [9.17, 15) is 5.11 Å². The SMILES string of the molecule is COc1ccc(O)c(C2(N)CC2)c1OC. The summed E-state index contributed by atoms with van der Waals surface area (Å²) in [5.74, 6) is 1.31. The van der Waals surface area contributed by atoms with Gasteiger partial charge in [0.2, 0.25) is 0 Å². The molecule has 1 aliphatic carbocycles. The number of ether oxygens (including phenoxy) is 2. The van der Waals surface area contributed by atoms with Crippen molar-refractivity contribution < 1.29 is 14.6 Å². The molecule has 0 bridgehead atoms. The van der Waals surface area contributed by atoms with E-state index in [-0.39, 0.29) is 5.75 Å². The lowest BCUT2D eigenvalue weighted by Crippen LogP contribution is -2.20. The maximum Gasteiger partial charge on any atom is 0.169 e. The summed E-state index contributed by atoms with van der Waals surface area (Å²) in [6.45, 7) is 0. The fourth-order valence-electron chi connectivity index (χ4n) is 1.78. The van der Waals surface area contributed by atoms with Gasteiger partial charge in [0, 0.05) is 5.54 Å². The molecular formula is C11H15NO3. The Labute approximate surface area is 88.6 Å². The highest BCUT2D eigenvalue weighted by Crippen LogP contribution is 2.52. The lowest BCUT2D eigenvalue weighted by molar-refractivity contribution is 0.342. The van der Waals surface area contributed by atoms with Gasteiger partial charge in [-0.2, -0.15) is 0 Å². The molecule has 1 saturated carbocycles. The molecule has 0 radical (unpaired) electrons. The Morgan fingerprint density at radius 3 is 2.40 bits per heavy atom. The van der Waals surface area contributed by atoms with Gasteiger partial charge in [-0.1, -0.05) is 0 Å². The second-order valence-electron chi connectivity index (χ2n) is 3.85. The van der Waals surface area contributed by atoms with Crippen molar-refractivity contribution in [3.05, 3.63) is 17.7 Å². The summed E-state index contributed by atoms with van der Waals surface area (Å²) in [6, 6.07) is 3.26. The number of rotatable bonds is 3. The van der Waals surface area contributed by atoms with E-state index in [1.807, 2.05) is 0 Å². The van der Waals surface area contributed by atoms with Gasteiger partial charge in [-0.3, -0.25) is 0 Å². The number of hydrogen-bond acceptors (Lipinski definition) is 4. The molecule has 82 valence electrons. The van der Waals surface area contributed by atoms with E-state index in [0.29, 0.717) is 17.1 Å². The van der Waals surface area contributed by atoms with Crippen molar-refractivity contribution in [3.8, 4) is 17.2 Å². The highest BCUT2D eigenvalue weighted by molar-refractivity contribution is 5.58. The fraction of sp³-hybridized carbons (Fsp3) is 0.455. The van der Waals surface area contributed by atoms with Gasteiger partial charge in [0.25, 0.3) is 0 Å². The molecule has 4 heteroatoms. The second-order valence-corrected chi connectivity index (χ2v) is 3.85. The van der Waals surface area contributed by atoms with E-state index in [0.717, 1.165) is 12.8 Å². The smallest absolute Gasteiger partial charge is 0.169 e. The summed E-state index contributed by atoms with van der Waals surface area (Å²) in [5.41, 5.74) is 6.29. The zero-order chi connectivity index (χ0) is 11.1. The van der Waals surface area contributed by atoms with Crippen molar-refractivity contribution in [2.24, 2.45) is 5.73 Å². The van der Waals surface area contributed by atoms with E-state index < -0.39 is 5.54 Å². The van der Waals surface area contributed by atoms with Crippen LogP contribution in [0.4, 0.5) is 0 Å². The molecule has 1 aromatic rings. The van der Waals surface area contributed by atoms with Gasteiger partial charge < -0.3 is 20.3 Å². The first-order chi connectivity index (χ1) is 7.12. The molecule has 4 nitrogen and oxygen atoms in total. The number of hydrogen-bond donors (Lipinski definition) is 2. The van der Waals surface area contributed by atoms with Gasteiger partial charge in [-0.25, -0.2) is 0 Å². The van der Waals surface area contributed by atoms with Crippen LogP contribution in [-0.2, 0) is 5.54 Å². The average molecular weight is 209 g/mol. The molecule has 0 atom stereocenters. The number of benzene rings is 1. The molecule has 1 fully saturated rings. The zero-order valence-corrected chi connectivity index (χ0v) is 8.91. The van der Waals surface area contributed by atoms with Crippen molar-refractivity contribution in [1.29, 1.82) is 0 Å². The largest absolute Gasteiger partial charge is 0.507 e. The van der Waals surface area contributed by atoms with E-state index in [1.54, 1.807) is 26.4 Å². The fourth-order valence-corrected chi connectivity index (χ4v) is 1.78. The molecule has 0 saturated heterocycles. The normalized spacial score (nSPS) is 17.3. The number of methoxy groups -OCH3 is 2. The monoisotopic (exact) mass is 209 g/mol. The molecule has 15 heavy (non-hydrogen) atoms. The summed E-state index contributed by atoms with van der Waals surface area (Å²) in [5, 5.41) is 9.80. The molecular weight excluding hydrogens is 194 g/mol. The highest BCUT2D eigenvalue weighted by atomic mass is 16.5. The molecule has 0 aliphatic heterocycles. The molecule has 0 spiro atoms. The van der Waals surface area contributed by atoms with E-state index in [2.05, 4.69) is 0 Å².